The minimum Gasteiger partial charge on any atom is -0.326 e. The lowest BCUT2D eigenvalue weighted by Crippen LogP contribution is -2.22. The second-order valence-corrected chi connectivity index (χ2v) is 6.57. The number of halogens is 1. The number of fused-ring (bicyclic) bond motifs is 1. The maximum absolute atomic E-state index is 12.5. The van der Waals surface area contributed by atoms with Gasteiger partial charge in [0.25, 0.3) is 0 Å². The van der Waals surface area contributed by atoms with E-state index >= 15 is 0 Å². The van der Waals surface area contributed by atoms with E-state index in [-0.39, 0.29) is 18.3 Å². The van der Waals surface area contributed by atoms with E-state index in [9.17, 15) is 4.79 Å². The summed E-state index contributed by atoms with van der Waals surface area (Å²) in [5, 5.41) is 6.43. The van der Waals surface area contributed by atoms with Crippen molar-refractivity contribution >= 4 is 24.0 Å². The predicted molar refractivity (Wildman–Crippen MR) is 106 cm³/mol. The zero-order valence-corrected chi connectivity index (χ0v) is 15.6. The van der Waals surface area contributed by atoms with Crippen molar-refractivity contribution in [2.45, 2.75) is 39.2 Å². The van der Waals surface area contributed by atoms with Gasteiger partial charge in [-0.3, -0.25) is 4.79 Å². The summed E-state index contributed by atoms with van der Waals surface area (Å²) in [6, 6.07) is 16.7. The lowest BCUT2D eigenvalue weighted by molar-refractivity contribution is -0.117. The van der Waals surface area contributed by atoms with Crippen molar-refractivity contribution in [1.29, 1.82) is 0 Å². The van der Waals surface area contributed by atoms with E-state index in [0.29, 0.717) is 12.3 Å². The van der Waals surface area contributed by atoms with Crippen LogP contribution in [0.4, 0.5) is 5.69 Å². The van der Waals surface area contributed by atoms with Crippen LogP contribution in [0, 0.1) is 5.92 Å². The molecule has 2 N–H and O–H groups in total. The minimum atomic E-state index is 0. The Labute approximate surface area is 156 Å². The topological polar surface area (TPSA) is 41.1 Å². The molecule has 1 atom stereocenters. The van der Waals surface area contributed by atoms with Gasteiger partial charge in [0.2, 0.25) is 5.91 Å². The Balaban J connectivity index is 0.00000225. The van der Waals surface area contributed by atoms with Gasteiger partial charge in [-0.1, -0.05) is 49.4 Å². The third kappa shape index (κ3) is 5.32. The number of carbonyl (C=O) groups is 1. The Morgan fingerprint density at radius 3 is 2.60 bits per heavy atom. The third-order valence-electron chi connectivity index (χ3n) is 4.78. The molecule has 1 unspecified atom stereocenters. The van der Waals surface area contributed by atoms with E-state index in [2.05, 4.69) is 47.9 Å². The largest absolute Gasteiger partial charge is 0.326 e. The second-order valence-electron chi connectivity index (χ2n) is 6.57. The van der Waals surface area contributed by atoms with Crippen molar-refractivity contribution in [3.8, 4) is 0 Å². The number of amides is 1. The van der Waals surface area contributed by atoms with Crippen molar-refractivity contribution in [3.05, 3.63) is 65.2 Å². The highest BCUT2D eigenvalue weighted by Gasteiger charge is 2.21. The van der Waals surface area contributed by atoms with Crippen LogP contribution in [0.3, 0.4) is 0 Å². The highest BCUT2D eigenvalue weighted by molar-refractivity contribution is 5.91. The highest BCUT2D eigenvalue weighted by atomic mass is 35.5. The second kappa shape index (κ2) is 9.59. The maximum atomic E-state index is 12.5. The Bertz CT molecular complexity index is 702. The Morgan fingerprint density at radius 1 is 1.08 bits per heavy atom. The van der Waals surface area contributed by atoms with Crippen LogP contribution in [0.15, 0.2) is 48.5 Å². The van der Waals surface area contributed by atoms with Crippen LogP contribution < -0.4 is 10.6 Å². The van der Waals surface area contributed by atoms with Crippen molar-refractivity contribution < 1.29 is 4.79 Å². The molecular formula is C21H27ClN2O. The van der Waals surface area contributed by atoms with Gasteiger partial charge in [0.05, 0.1) is 0 Å². The Hall–Kier alpha value is -1.84. The summed E-state index contributed by atoms with van der Waals surface area (Å²) < 4.78 is 0. The van der Waals surface area contributed by atoms with E-state index in [1.165, 1.54) is 11.1 Å². The first-order chi connectivity index (χ1) is 11.8. The van der Waals surface area contributed by atoms with Gasteiger partial charge in [-0.2, -0.15) is 0 Å². The first-order valence-electron chi connectivity index (χ1n) is 8.91. The molecule has 0 bridgehead atoms. The molecule has 0 aliphatic heterocycles. The van der Waals surface area contributed by atoms with Crippen molar-refractivity contribution in [2.75, 3.05) is 11.9 Å². The van der Waals surface area contributed by atoms with Gasteiger partial charge in [0.15, 0.2) is 0 Å². The van der Waals surface area contributed by atoms with Gasteiger partial charge in [-0.15, -0.1) is 12.4 Å². The average Bonchev–Trinajstić information content (AvgIpc) is 2.61. The SMILES string of the molecule is CCNCc1ccccc1NC(=O)CC1CCc2ccccc2C1.Cl. The van der Waals surface area contributed by atoms with Crippen molar-refractivity contribution in [2.24, 2.45) is 5.92 Å². The van der Waals surface area contributed by atoms with E-state index in [1.807, 2.05) is 18.2 Å². The van der Waals surface area contributed by atoms with Gasteiger partial charge in [0, 0.05) is 18.7 Å². The molecule has 1 aliphatic carbocycles. The minimum absolute atomic E-state index is 0. The zero-order valence-electron chi connectivity index (χ0n) is 14.8. The van der Waals surface area contributed by atoms with E-state index in [0.717, 1.165) is 43.6 Å². The summed E-state index contributed by atoms with van der Waals surface area (Å²) in [7, 11) is 0. The number of benzene rings is 2. The molecule has 2 aromatic rings. The first kappa shape index (κ1) is 19.5. The first-order valence-corrected chi connectivity index (χ1v) is 8.91. The van der Waals surface area contributed by atoms with E-state index < -0.39 is 0 Å². The van der Waals surface area contributed by atoms with Crippen LogP contribution in [0.2, 0.25) is 0 Å². The summed E-state index contributed by atoms with van der Waals surface area (Å²) in [5.74, 6) is 0.573. The third-order valence-corrected chi connectivity index (χ3v) is 4.78. The molecule has 25 heavy (non-hydrogen) atoms. The molecular weight excluding hydrogens is 332 g/mol. The van der Waals surface area contributed by atoms with Crippen LogP contribution in [0.5, 0.6) is 0 Å². The van der Waals surface area contributed by atoms with Crippen molar-refractivity contribution in [3.63, 3.8) is 0 Å². The molecule has 0 saturated heterocycles. The summed E-state index contributed by atoms with van der Waals surface area (Å²) >= 11 is 0. The molecule has 3 nitrogen and oxygen atoms in total. The number of nitrogens with one attached hydrogen (secondary N) is 2. The number of hydrogen-bond donors (Lipinski definition) is 2. The average molecular weight is 359 g/mol. The van der Waals surface area contributed by atoms with Crippen LogP contribution >= 0.6 is 12.4 Å². The fraction of sp³-hybridized carbons (Fsp3) is 0.381. The fourth-order valence-electron chi connectivity index (χ4n) is 3.47. The molecule has 3 rings (SSSR count). The summed E-state index contributed by atoms with van der Waals surface area (Å²) in [6.45, 7) is 3.79. The number of anilines is 1. The van der Waals surface area contributed by atoms with Gasteiger partial charge < -0.3 is 10.6 Å². The number of carbonyl (C=O) groups excluding carboxylic acids is 1. The molecule has 1 amide bonds. The molecule has 0 fully saturated rings. The highest BCUT2D eigenvalue weighted by Crippen LogP contribution is 2.28. The summed E-state index contributed by atoms with van der Waals surface area (Å²) in [6.07, 6.45) is 3.81. The molecule has 0 saturated carbocycles. The quantitative estimate of drug-likeness (QED) is 0.805. The molecule has 0 heterocycles. The molecule has 1 aliphatic rings. The van der Waals surface area contributed by atoms with Crippen LogP contribution in [0.25, 0.3) is 0 Å². The fourth-order valence-corrected chi connectivity index (χ4v) is 3.47. The van der Waals surface area contributed by atoms with Gasteiger partial charge in [0.1, 0.15) is 0 Å². The Kier molecular flexibility index (Phi) is 7.48. The number of rotatable bonds is 6. The molecule has 134 valence electrons. The van der Waals surface area contributed by atoms with Gasteiger partial charge in [-0.05, 0) is 54.5 Å². The maximum Gasteiger partial charge on any atom is 0.224 e. The zero-order chi connectivity index (χ0) is 16.8. The van der Waals surface area contributed by atoms with Crippen LogP contribution in [0.1, 0.15) is 36.5 Å². The van der Waals surface area contributed by atoms with Crippen molar-refractivity contribution in [1.82, 2.24) is 5.32 Å². The molecule has 0 aromatic heterocycles. The smallest absolute Gasteiger partial charge is 0.224 e. The summed E-state index contributed by atoms with van der Waals surface area (Å²) in [5.41, 5.74) is 4.93. The van der Waals surface area contributed by atoms with Gasteiger partial charge in [-0.25, -0.2) is 0 Å². The normalized spacial score (nSPS) is 15.8. The summed E-state index contributed by atoms with van der Waals surface area (Å²) in [4.78, 5) is 12.5. The lowest BCUT2D eigenvalue weighted by Gasteiger charge is -2.24. The van der Waals surface area contributed by atoms with Crippen LogP contribution in [-0.4, -0.2) is 12.5 Å². The van der Waals surface area contributed by atoms with E-state index in [1.54, 1.807) is 0 Å². The standard InChI is InChI=1S/C21H26N2O.ClH/c1-2-22-15-19-9-5-6-10-20(19)23-21(24)14-16-11-12-17-7-3-4-8-18(17)13-16;/h3-10,16,22H,2,11-15H2,1H3,(H,23,24);1H. The van der Waals surface area contributed by atoms with E-state index in [4.69, 9.17) is 0 Å². The molecule has 2 aromatic carbocycles. The Morgan fingerprint density at radius 2 is 1.80 bits per heavy atom. The lowest BCUT2D eigenvalue weighted by atomic mass is 9.82. The molecule has 0 spiro atoms. The van der Waals surface area contributed by atoms with Crippen LogP contribution in [-0.2, 0) is 24.2 Å². The molecule has 0 radical (unpaired) electrons. The number of hydrogen-bond acceptors (Lipinski definition) is 2. The van der Waals surface area contributed by atoms with Gasteiger partial charge >= 0.3 is 0 Å². The predicted octanol–water partition coefficient (Wildman–Crippen LogP) is 4.35. The molecule has 4 heteroatoms. The monoisotopic (exact) mass is 358 g/mol. The number of aryl methyl sites for hydroxylation is 1. The number of para-hydroxylation sites is 1.